The molecule has 3 nitrogen and oxygen atoms in total. The summed E-state index contributed by atoms with van der Waals surface area (Å²) in [6, 6.07) is 3.45. The van der Waals surface area contributed by atoms with Crippen LogP contribution in [-0.2, 0) is 0 Å². The topological polar surface area (TPSA) is 43.1 Å². The Labute approximate surface area is 76.5 Å². The lowest BCUT2D eigenvalue weighted by atomic mass is 10.2. The van der Waals surface area contributed by atoms with Crippen LogP contribution in [0.25, 0.3) is 11.0 Å². The molecule has 0 unspecified atom stereocenters. The van der Waals surface area contributed by atoms with Crippen LogP contribution in [0.1, 0.15) is 10.4 Å². The van der Waals surface area contributed by atoms with Gasteiger partial charge in [0, 0.05) is 15.4 Å². The highest BCUT2D eigenvalue weighted by atomic mass is 79.9. The van der Waals surface area contributed by atoms with E-state index < -0.39 is 0 Å². The second-order valence-corrected chi connectivity index (χ2v) is 3.21. The molecule has 0 aliphatic heterocycles. The molecule has 0 N–H and O–H groups in total. The highest BCUT2D eigenvalue weighted by Gasteiger charge is 2.04. The van der Waals surface area contributed by atoms with Crippen LogP contribution < -0.4 is 0 Å². The SMILES string of the molecule is O=Cc1cc2oncc2cc1Br. The lowest BCUT2D eigenvalue weighted by molar-refractivity contribution is 0.112. The van der Waals surface area contributed by atoms with E-state index >= 15 is 0 Å². The van der Waals surface area contributed by atoms with Gasteiger partial charge in [-0.3, -0.25) is 4.79 Å². The minimum absolute atomic E-state index is 0.569. The van der Waals surface area contributed by atoms with E-state index in [0.29, 0.717) is 11.1 Å². The van der Waals surface area contributed by atoms with Gasteiger partial charge in [-0.2, -0.15) is 0 Å². The van der Waals surface area contributed by atoms with Crippen LogP contribution in [0.4, 0.5) is 0 Å². The van der Waals surface area contributed by atoms with Crippen molar-refractivity contribution in [3.63, 3.8) is 0 Å². The standard InChI is InChI=1S/C8H4BrNO2/c9-7-1-5-3-10-12-8(5)2-6(7)4-11/h1-4H. The summed E-state index contributed by atoms with van der Waals surface area (Å²) in [5.74, 6) is 0. The molecule has 0 aliphatic rings. The molecule has 1 heterocycles. The minimum Gasteiger partial charge on any atom is -0.356 e. The Balaban J connectivity index is 2.81. The normalized spacial score (nSPS) is 10.4. The Bertz CT molecular complexity index is 436. The molecule has 4 heteroatoms. The molecule has 0 fully saturated rings. The van der Waals surface area contributed by atoms with Gasteiger partial charge in [-0.1, -0.05) is 21.1 Å². The summed E-state index contributed by atoms with van der Waals surface area (Å²) in [6.07, 6.45) is 2.38. The Hall–Kier alpha value is -1.16. The summed E-state index contributed by atoms with van der Waals surface area (Å²) in [7, 11) is 0. The number of benzene rings is 1. The van der Waals surface area contributed by atoms with E-state index in [1.54, 1.807) is 18.3 Å². The molecule has 1 aromatic heterocycles. The van der Waals surface area contributed by atoms with Gasteiger partial charge in [0.25, 0.3) is 0 Å². The van der Waals surface area contributed by atoms with Gasteiger partial charge in [-0.25, -0.2) is 0 Å². The number of carbonyl (C=O) groups is 1. The zero-order chi connectivity index (χ0) is 8.55. The Morgan fingerprint density at radius 2 is 2.33 bits per heavy atom. The average Bonchev–Trinajstić information content (AvgIpc) is 2.49. The van der Waals surface area contributed by atoms with Crippen molar-refractivity contribution in [1.82, 2.24) is 5.16 Å². The highest BCUT2D eigenvalue weighted by molar-refractivity contribution is 9.10. The molecule has 0 radical (unpaired) electrons. The predicted octanol–water partition coefficient (Wildman–Crippen LogP) is 2.40. The van der Waals surface area contributed by atoms with E-state index in [2.05, 4.69) is 21.1 Å². The molecule has 60 valence electrons. The number of halogens is 1. The van der Waals surface area contributed by atoms with E-state index in [9.17, 15) is 4.79 Å². The van der Waals surface area contributed by atoms with Gasteiger partial charge in [0.05, 0.1) is 6.20 Å². The molecule has 1 aromatic carbocycles. The largest absolute Gasteiger partial charge is 0.356 e. The van der Waals surface area contributed by atoms with Gasteiger partial charge < -0.3 is 4.52 Å². The molecule has 0 saturated carbocycles. The van der Waals surface area contributed by atoms with Crippen molar-refractivity contribution in [3.8, 4) is 0 Å². The number of carbonyl (C=O) groups excluding carboxylic acids is 1. The first kappa shape index (κ1) is 7.49. The van der Waals surface area contributed by atoms with E-state index in [1.165, 1.54) is 0 Å². The van der Waals surface area contributed by atoms with Crippen LogP contribution in [0, 0.1) is 0 Å². The van der Waals surface area contributed by atoms with Crippen LogP contribution in [0.15, 0.2) is 27.3 Å². The summed E-state index contributed by atoms with van der Waals surface area (Å²) in [5.41, 5.74) is 1.19. The number of fused-ring (bicyclic) bond motifs is 1. The van der Waals surface area contributed by atoms with Crippen molar-refractivity contribution in [2.45, 2.75) is 0 Å². The van der Waals surface area contributed by atoms with E-state index in [0.717, 1.165) is 16.1 Å². The van der Waals surface area contributed by atoms with E-state index in [4.69, 9.17) is 4.52 Å². The molecule has 0 saturated heterocycles. The lowest BCUT2D eigenvalue weighted by Gasteiger charge is -1.93. The van der Waals surface area contributed by atoms with Crippen molar-refractivity contribution in [2.75, 3.05) is 0 Å². The van der Waals surface area contributed by atoms with Crippen LogP contribution >= 0.6 is 15.9 Å². The quantitative estimate of drug-likeness (QED) is 0.701. The number of hydrogen-bond acceptors (Lipinski definition) is 3. The number of hydrogen-bond donors (Lipinski definition) is 0. The molecule has 12 heavy (non-hydrogen) atoms. The first-order chi connectivity index (χ1) is 5.81. The van der Waals surface area contributed by atoms with Crippen molar-refractivity contribution in [1.29, 1.82) is 0 Å². The average molecular weight is 226 g/mol. The predicted molar refractivity (Wildman–Crippen MR) is 47.1 cm³/mol. The van der Waals surface area contributed by atoms with Crippen LogP contribution in [0.5, 0.6) is 0 Å². The van der Waals surface area contributed by atoms with Crippen molar-refractivity contribution in [2.24, 2.45) is 0 Å². The zero-order valence-electron chi connectivity index (χ0n) is 5.95. The highest BCUT2D eigenvalue weighted by Crippen LogP contribution is 2.22. The first-order valence-electron chi connectivity index (χ1n) is 3.30. The number of rotatable bonds is 1. The molecule has 0 spiro atoms. The van der Waals surface area contributed by atoms with Crippen LogP contribution in [0.2, 0.25) is 0 Å². The third kappa shape index (κ3) is 1.04. The number of nitrogens with zero attached hydrogens (tertiary/aromatic N) is 1. The summed E-state index contributed by atoms with van der Waals surface area (Å²) >= 11 is 3.26. The van der Waals surface area contributed by atoms with E-state index in [-0.39, 0.29) is 0 Å². The molecule has 2 rings (SSSR count). The Morgan fingerprint density at radius 3 is 3.08 bits per heavy atom. The van der Waals surface area contributed by atoms with Gasteiger partial charge in [0.1, 0.15) is 0 Å². The molecule has 0 atom stereocenters. The maximum Gasteiger partial charge on any atom is 0.167 e. The molecular weight excluding hydrogens is 222 g/mol. The third-order valence-corrected chi connectivity index (χ3v) is 2.29. The monoisotopic (exact) mass is 225 g/mol. The Kier molecular flexibility index (Phi) is 1.69. The number of aldehydes is 1. The zero-order valence-corrected chi connectivity index (χ0v) is 7.54. The van der Waals surface area contributed by atoms with Crippen molar-refractivity contribution >= 4 is 33.2 Å². The molecular formula is C8H4BrNO2. The van der Waals surface area contributed by atoms with Crippen molar-refractivity contribution < 1.29 is 9.32 Å². The second kappa shape index (κ2) is 2.71. The summed E-state index contributed by atoms with van der Waals surface area (Å²) in [4.78, 5) is 10.5. The molecule has 0 amide bonds. The van der Waals surface area contributed by atoms with Gasteiger partial charge >= 0.3 is 0 Å². The van der Waals surface area contributed by atoms with Gasteiger partial charge in [0.15, 0.2) is 11.9 Å². The summed E-state index contributed by atoms with van der Waals surface area (Å²) in [5, 5.41) is 4.49. The lowest BCUT2D eigenvalue weighted by Crippen LogP contribution is -1.80. The summed E-state index contributed by atoms with van der Waals surface area (Å²) in [6.45, 7) is 0. The fourth-order valence-electron chi connectivity index (χ4n) is 0.995. The summed E-state index contributed by atoms with van der Waals surface area (Å²) < 4.78 is 5.64. The number of aromatic nitrogens is 1. The minimum atomic E-state index is 0.569. The van der Waals surface area contributed by atoms with E-state index in [1.807, 2.05) is 0 Å². The Morgan fingerprint density at radius 1 is 1.50 bits per heavy atom. The maximum atomic E-state index is 10.5. The fraction of sp³-hybridized carbons (Fsp3) is 0. The van der Waals surface area contributed by atoms with Gasteiger partial charge in [-0.05, 0) is 12.1 Å². The van der Waals surface area contributed by atoms with Gasteiger partial charge in [0.2, 0.25) is 0 Å². The maximum absolute atomic E-state index is 10.5. The fourth-order valence-corrected chi connectivity index (χ4v) is 1.45. The molecule has 0 aliphatic carbocycles. The second-order valence-electron chi connectivity index (χ2n) is 2.36. The van der Waals surface area contributed by atoms with Gasteiger partial charge in [-0.15, -0.1) is 0 Å². The van der Waals surface area contributed by atoms with Crippen LogP contribution in [-0.4, -0.2) is 11.4 Å². The molecule has 0 bridgehead atoms. The molecule has 2 aromatic rings. The third-order valence-electron chi connectivity index (χ3n) is 1.60. The smallest absolute Gasteiger partial charge is 0.167 e. The van der Waals surface area contributed by atoms with Crippen LogP contribution in [0.3, 0.4) is 0 Å². The first-order valence-corrected chi connectivity index (χ1v) is 4.09. The van der Waals surface area contributed by atoms with Crippen molar-refractivity contribution in [3.05, 3.63) is 28.4 Å².